The van der Waals surface area contributed by atoms with E-state index >= 15 is 0 Å². The van der Waals surface area contributed by atoms with Gasteiger partial charge in [0.1, 0.15) is 0 Å². The van der Waals surface area contributed by atoms with Crippen molar-refractivity contribution < 1.29 is 171 Å². The first kappa shape index (κ1) is 61.4. The summed E-state index contributed by atoms with van der Waals surface area (Å²) in [7, 11) is 0. The molecule has 0 fully saturated rings. The Morgan fingerprint density at radius 3 is 0.345 bits per heavy atom. The molecule has 0 aromatic heterocycles. The Kier molecular flexibility index (Phi) is 65.3. The molecule has 29 heavy (non-hydrogen) atoms. The van der Waals surface area contributed by atoms with Crippen LogP contribution < -0.4 is 48.9 Å². The van der Waals surface area contributed by atoms with Gasteiger partial charge >= 0.3 is 190 Å². The van der Waals surface area contributed by atoms with E-state index in [1.54, 1.807) is 0 Å². The minimum absolute atomic E-state index is 0. The van der Waals surface area contributed by atoms with Crippen molar-refractivity contribution in [1.82, 2.24) is 0 Å². The summed E-state index contributed by atoms with van der Waals surface area (Å²) in [5, 5.41) is 0. The van der Waals surface area contributed by atoms with Crippen molar-refractivity contribution in [2.45, 2.75) is 0 Å². The van der Waals surface area contributed by atoms with Crippen LogP contribution in [-0.4, -0.2) is 91.0 Å². The van der Waals surface area contributed by atoms with Crippen LogP contribution in [0, 0.1) is 98.8 Å². The molecule has 29 heteroatoms. The first-order chi connectivity index (χ1) is 10.0. The van der Waals surface area contributed by atoms with Crippen LogP contribution in [0.4, 0.5) is 0 Å². The molecular formula is Cl5Eu2O15P5Sr2. The fraction of sp³-hybridized carbons (Fsp3) is 0. The average Bonchev–Trinajstić information content (AvgIpc) is 1.79. The Bertz CT molecular complexity index is 402. The summed E-state index contributed by atoms with van der Waals surface area (Å²) in [6.45, 7) is -23.3. The minimum Gasteiger partial charge on any atom is -0.799 e. The predicted molar refractivity (Wildman–Crippen MR) is 78.8 cm³/mol. The second-order valence-electron chi connectivity index (χ2n) is 2.15. The van der Waals surface area contributed by atoms with Gasteiger partial charge in [-0.25, -0.2) is 0 Å². The largest absolute Gasteiger partial charge is 3.00 e. The van der Waals surface area contributed by atoms with E-state index in [0.29, 0.717) is 0 Å². The van der Waals surface area contributed by atoms with Gasteiger partial charge in [-0.05, 0) is 0 Å². The monoisotopic (exact) mass is 1050 g/mol. The van der Waals surface area contributed by atoms with Crippen molar-refractivity contribution in [3.05, 3.63) is 0 Å². The third-order valence-corrected chi connectivity index (χ3v) is 0. The van der Waals surface area contributed by atoms with Gasteiger partial charge in [0, 0.05) is 34.7 Å². The fourth-order valence-electron chi connectivity index (χ4n) is 0. The number of hydrogen-bond acceptors (Lipinski definition) is 15. The van der Waals surface area contributed by atoms with Crippen molar-refractivity contribution in [3.63, 3.8) is 0 Å². The number of rotatable bonds is 0. The first-order valence-electron chi connectivity index (χ1n) is 3.58. The molecule has 0 saturated heterocycles. The summed E-state index contributed by atoms with van der Waals surface area (Å²) in [4.78, 5) is 88.7. The Labute approximate surface area is 343 Å². The van der Waals surface area contributed by atoms with Crippen LogP contribution >= 0.6 is 90.9 Å². The molecule has 0 rings (SSSR count). The second kappa shape index (κ2) is 30.9. The molecule has 0 saturated carbocycles. The molecule has 0 aliphatic heterocycles. The van der Waals surface area contributed by atoms with Crippen LogP contribution in [0.3, 0.4) is 0 Å². The van der Waals surface area contributed by atoms with E-state index in [2.05, 4.69) is 56.2 Å². The molecule has 168 valence electrons. The molecule has 0 aliphatic carbocycles. The zero-order valence-corrected chi connectivity index (χ0v) is 32.5. The number of halogens is 5. The van der Waals surface area contributed by atoms with Crippen molar-refractivity contribution in [1.29, 1.82) is 0 Å². The van der Waals surface area contributed by atoms with Gasteiger partial charge in [-0.1, -0.05) is 56.2 Å². The third-order valence-electron chi connectivity index (χ3n) is 0. The molecule has 0 aliphatic rings. The third kappa shape index (κ3) is 617. The Morgan fingerprint density at radius 2 is 0.345 bits per heavy atom. The average molecular weight is 1050 g/mol. The van der Waals surface area contributed by atoms with E-state index in [0.717, 1.165) is 0 Å². The molecule has 0 atom stereocenters. The van der Waals surface area contributed by atoms with Crippen LogP contribution in [0.2, 0.25) is 0 Å². The van der Waals surface area contributed by atoms with Gasteiger partial charge in [0.15, 0.2) is 0 Å². The van der Waals surface area contributed by atoms with E-state index in [-0.39, 0.29) is 190 Å². The predicted octanol–water partition coefficient (Wildman–Crippen LogP) is -5.49. The van der Waals surface area contributed by atoms with Crippen molar-refractivity contribution in [2.24, 2.45) is 0 Å². The molecule has 0 heterocycles. The van der Waals surface area contributed by atoms with E-state index in [9.17, 15) is 0 Å². The Balaban J connectivity index is -0.0000000238. The van der Waals surface area contributed by atoms with Crippen LogP contribution in [0.15, 0.2) is 0 Å². The zero-order chi connectivity index (χ0) is 22.5. The van der Waals surface area contributed by atoms with Crippen LogP contribution in [0.25, 0.3) is 0 Å². The SMILES string of the molecule is O=P([O-])([O-])Cl.O=P([O-])([O-])Cl.O=P([O-])([O-])Cl.O=P([O-])([O-])Cl.O=P([O-])([O-])Cl.[Eu+3].[Eu+3].[Sr+2].[Sr+2]. The van der Waals surface area contributed by atoms with Crippen LogP contribution in [-0.2, 0) is 22.8 Å². The zero-order valence-electron chi connectivity index (χ0n) is 12.4. The molecule has 0 amide bonds. The standard InChI is InChI=1S/5ClH2O3P.2Eu.2Sr/c5*1-5(2,3)4;;;;/h5*(H2,2,3,4);;;;/q;;;;;2*+3;2*+2/p-10. The minimum atomic E-state index is -4.67. The molecule has 15 nitrogen and oxygen atoms in total. The van der Waals surface area contributed by atoms with E-state index < -0.39 is 34.7 Å². The van der Waals surface area contributed by atoms with Gasteiger partial charge in [0.25, 0.3) is 0 Å². The second-order valence-corrected chi connectivity index (χ2v) is 12.7. The van der Waals surface area contributed by atoms with Gasteiger partial charge in [-0.15, -0.1) is 0 Å². The quantitative estimate of drug-likeness (QED) is 0.161. The number of hydrogen-bond donors (Lipinski definition) is 0. The maximum absolute atomic E-state index is 8.87. The van der Waals surface area contributed by atoms with Gasteiger partial charge in [0.2, 0.25) is 0 Å². The summed E-state index contributed by atoms with van der Waals surface area (Å²) in [6, 6.07) is 0. The van der Waals surface area contributed by atoms with Crippen LogP contribution in [0.5, 0.6) is 0 Å². The van der Waals surface area contributed by atoms with E-state index in [1.165, 1.54) is 0 Å². The maximum Gasteiger partial charge on any atom is 3.00 e. The smallest absolute Gasteiger partial charge is 0.799 e. The van der Waals surface area contributed by atoms with Crippen LogP contribution in [0.1, 0.15) is 0 Å². The van der Waals surface area contributed by atoms with Gasteiger partial charge in [-0.2, -0.15) is 0 Å². The molecule has 0 unspecified atom stereocenters. The summed E-state index contributed by atoms with van der Waals surface area (Å²) in [6.07, 6.45) is 0. The molecular weight excluding hydrogens is 1050 g/mol. The van der Waals surface area contributed by atoms with Gasteiger partial charge < -0.3 is 71.8 Å². The molecule has 0 aromatic carbocycles. The molecule has 0 N–H and O–H groups in total. The normalized spacial score (nSPS) is 10.2. The van der Waals surface area contributed by atoms with Gasteiger partial charge in [0.05, 0.1) is 0 Å². The maximum atomic E-state index is 8.87. The fourth-order valence-corrected chi connectivity index (χ4v) is 0. The summed E-state index contributed by atoms with van der Waals surface area (Å²) in [5.74, 6) is 0. The topological polar surface area (TPSA) is 316 Å². The van der Waals surface area contributed by atoms with E-state index in [1.807, 2.05) is 0 Å². The molecule has 0 radical (unpaired) electrons. The van der Waals surface area contributed by atoms with E-state index in [4.69, 9.17) is 71.8 Å². The summed E-state index contributed by atoms with van der Waals surface area (Å²) in [5.41, 5.74) is 0. The Morgan fingerprint density at radius 1 is 0.345 bits per heavy atom. The van der Waals surface area contributed by atoms with Crippen molar-refractivity contribution in [3.8, 4) is 0 Å². The summed E-state index contributed by atoms with van der Waals surface area (Å²) >= 11 is 19.9. The van der Waals surface area contributed by atoms with Crippen molar-refractivity contribution >= 4 is 182 Å². The molecule has 0 bridgehead atoms. The van der Waals surface area contributed by atoms with Gasteiger partial charge in [-0.3, -0.25) is 0 Å². The summed E-state index contributed by atoms with van der Waals surface area (Å²) < 4.78 is 44.3. The first-order valence-corrected chi connectivity index (χ1v) is 15.8. The Hall–Kier alpha value is 8.33. The van der Waals surface area contributed by atoms with Crippen molar-refractivity contribution in [2.75, 3.05) is 0 Å². The molecule has 0 aromatic rings. The molecule has 0 spiro atoms.